The Labute approximate surface area is 109 Å². The van der Waals surface area contributed by atoms with E-state index in [0.717, 1.165) is 52.4 Å². The van der Waals surface area contributed by atoms with Crippen LogP contribution in [0, 0.1) is 0 Å². The Kier molecular flexibility index (Phi) is 4.97. The molecular weight excluding hydrogens is 254 g/mol. The molecule has 1 unspecified atom stereocenters. The first-order valence-electron chi connectivity index (χ1n) is 6.55. The maximum absolute atomic E-state index is 11.8. The molecule has 0 amide bonds. The molecule has 0 radical (unpaired) electrons. The monoisotopic (exact) mass is 277 g/mol. The van der Waals surface area contributed by atoms with Gasteiger partial charge in [-0.1, -0.05) is 0 Å². The topological polar surface area (TPSA) is 61.9 Å². The summed E-state index contributed by atoms with van der Waals surface area (Å²) in [6, 6.07) is 0.126. The van der Waals surface area contributed by atoms with Gasteiger partial charge in [0.15, 0.2) is 0 Å². The van der Waals surface area contributed by atoms with Crippen LogP contribution in [-0.4, -0.2) is 82.4 Å². The van der Waals surface area contributed by atoms with Crippen LogP contribution in [0.5, 0.6) is 0 Å². The van der Waals surface area contributed by atoms with Crippen molar-refractivity contribution in [3.8, 4) is 0 Å². The van der Waals surface area contributed by atoms with Gasteiger partial charge >= 0.3 is 0 Å². The van der Waals surface area contributed by atoms with Crippen LogP contribution in [0.25, 0.3) is 0 Å². The number of morpholine rings is 1. The SMILES string of the molecule is CS(=O)(=O)N(CCN1CCOCC1)C1CCNC1. The smallest absolute Gasteiger partial charge is 0.211 e. The van der Waals surface area contributed by atoms with Crippen LogP contribution in [0.2, 0.25) is 0 Å². The van der Waals surface area contributed by atoms with Gasteiger partial charge in [-0.3, -0.25) is 4.90 Å². The normalized spacial score (nSPS) is 26.9. The van der Waals surface area contributed by atoms with E-state index in [0.29, 0.717) is 6.54 Å². The number of sulfonamides is 1. The maximum atomic E-state index is 11.8. The van der Waals surface area contributed by atoms with Gasteiger partial charge in [-0.15, -0.1) is 0 Å². The Morgan fingerprint density at radius 2 is 2.11 bits per heavy atom. The summed E-state index contributed by atoms with van der Waals surface area (Å²) in [6.45, 7) is 6.39. The van der Waals surface area contributed by atoms with Crippen LogP contribution < -0.4 is 5.32 Å². The standard InChI is InChI=1S/C11H23N3O3S/c1-18(15,16)14(11-2-3-12-10-11)5-4-13-6-8-17-9-7-13/h11-12H,2-10H2,1H3. The molecule has 1 N–H and O–H groups in total. The van der Waals surface area contributed by atoms with Crippen molar-refractivity contribution in [2.24, 2.45) is 0 Å². The summed E-state index contributed by atoms with van der Waals surface area (Å²) in [4.78, 5) is 2.27. The lowest BCUT2D eigenvalue weighted by atomic mass is 10.2. The molecule has 2 aliphatic rings. The average Bonchev–Trinajstić information content (AvgIpc) is 2.82. The Bertz CT molecular complexity index is 349. The average molecular weight is 277 g/mol. The molecule has 2 rings (SSSR count). The van der Waals surface area contributed by atoms with Crippen molar-refractivity contribution in [2.45, 2.75) is 12.5 Å². The Balaban J connectivity index is 1.88. The minimum absolute atomic E-state index is 0.126. The molecule has 0 aromatic carbocycles. The second kappa shape index (κ2) is 6.29. The van der Waals surface area contributed by atoms with Crippen molar-refractivity contribution in [2.75, 3.05) is 58.7 Å². The predicted molar refractivity (Wildman–Crippen MR) is 70.1 cm³/mol. The lowest BCUT2D eigenvalue weighted by Gasteiger charge is -2.31. The van der Waals surface area contributed by atoms with E-state index >= 15 is 0 Å². The molecule has 2 saturated heterocycles. The third kappa shape index (κ3) is 3.89. The summed E-state index contributed by atoms with van der Waals surface area (Å²) in [7, 11) is -3.11. The number of hydrogen-bond acceptors (Lipinski definition) is 5. The Hall–Kier alpha value is -0.210. The summed E-state index contributed by atoms with van der Waals surface area (Å²) in [5.74, 6) is 0. The summed E-state index contributed by atoms with van der Waals surface area (Å²) >= 11 is 0. The third-order valence-corrected chi connectivity index (χ3v) is 4.94. The molecule has 2 aliphatic heterocycles. The van der Waals surface area contributed by atoms with Crippen LogP contribution in [0.3, 0.4) is 0 Å². The summed E-state index contributed by atoms with van der Waals surface area (Å²) in [6.07, 6.45) is 2.22. The Morgan fingerprint density at radius 1 is 1.39 bits per heavy atom. The zero-order valence-corrected chi connectivity index (χ0v) is 11.8. The van der Waals surface area contributed by atoms with Crippen LogP contribution in [-0.2, 0) is 14.8 Å². The fraction of sp³-hybridized carbons (Fsp3) is 1.00. The van der Waals surface area contributed by atoms with Gasteiger partial charge in [0.2, 0.25) is 10.0 Å². The number of ether oxygens (including phenoxy) is 1. The summed E-state index contributed by atoms with van der Waals surface area (Å²) < 4.78 is 30.6. The molecule has 0 bridgehead atoms. The molecule has 1 atom stereocenters. The van der Waals surface area contributed by atoms with Gasteiger partial charge in [-0.2, -0.15) is 4.31 Å². The molecular formula is C11H23N3O3S. The van der Waals surface area contributed by atoms with Gasteiger partial charge < -0.3 is 10.1 Å². The third-order valence-electron chi connectivity index (χ3n) is 3.61. The molecule has 2 heterocycles. The highest BCUT2D eigenvalue weighted by Crippen LogP contribution is 2.12. The van der Waals surface area contributed by atoms with Crippen molar-refractivity contribution in [3.63, 3.8) is 0 Å². The zero-order chi connectivity index (χ0) is 13.0. The highest BCUT2D eigenvalue weighted by atomic mass is 32.2. The number of nitrogens with one attached hydrogen (secondary N) is 1. The lowest BCUT2D eigenvalue weighted by Crippen LogP contribution is -2.47. The first-order chi connectivity index (χ1) is 8.57. The Morgan fingerprint density at radius 3 is 2.67 bits per heavy atom. The molecule has 0 saturated carbocycles. The molecule has 0 aromatic rings. The van der Waals surface area contributed by atoms with E-state index in [-0.39, 0.29) is 6.04 Å². The van der Waals surface area contributed by atoms with E-state index in [1.807, 2.05) is 0 Å². The molecule has 106 valence electrons. The van der Waals surface area contributed by atoms with E-state index in [1.165, 1.54) is 6.26 Å². The molecule has 0 aromatic heterocycles. The lowest BCUT2D eigenvalue weighted by molar-refractivity contribution is 0.0355. The van der Waals surface area contributed by atoms with Crippen molar-refractivity contribution in [3.05, 3.63) is 0 Å². The van der Waals surface area contributed by atoms with E-state index < -0.39 is 10.0 Å². The molecule has 7 heteroatoms. The van der Waals surface area contributed by atoms with E-state index in [9.17, 15) is 8.42 Å². The zero-order valence-electron chi connectivity index (χ0n) is 11.0. The number of nitrogens with zero attached hydrogens (tertiary/aromatic N) is 2. The van der Waals surface area contributed by atoms with Crippen LogP contribution in [0.15, 0.2) is 0 Å². The van der Waals surface area contributed by atoms with Crippen LogP contribution >= 0.6 is 0 Å². The molecule has 6 nitrogen and oxygen atoms in total. The van der Waals surface area contributed by atoms with Gasteiger partial charge in [-0.25, -0.2) is 8.42 Å². The highest BCUT2D eigenvalue weighted by molar-refractivity contribution is 7.88. The summed E-state index contributed by atoms with van der Waals surface area (Å²) in [5.41, 5.74) is 0. The van der Waals surface area contributed by atoms with Gasteiger partial charge in [0.25, 0.3) is 0 Å². The second-order valence-corrected chi connectivity index (χ2v) is 6.91. The highest BCUT2D eigenvalue weighted by Gasteiger charge is 2.29. The van der Waals surface area contributed by atoms with E-state index in [1.54, 1.807) is 4.31 Å². The maximum Gasteiger partial charge on any atom is 0.211 e. The van der Waals surface area contributed by atoms with Gasteiger partial charge in [0, 0.05) is 38.8 Å². The first-order valence-corrected chi connectivity index (χ1v) is 8.40. The molecule has 2 fully saturated rings. The van der Waals surface area contributed by atoms with Crippen molar-refractivity contribution in [1.29, 1.82) is 0 Å². The van der Waals surface area contributed by atoms with Crippen molar-refractivity contribution >= 4 is 10.0 Å². The molecule has 0 aliphatic carbocycles. The van der Waals surface area contributed by atoms with Crippen LogP contribution in [0.1, 0.15) is 6.42 Å². The molecule has 18 heavy (non-hydrogen) atoms. The van der Waals surface area contributed by atoms with Gasteiger partial charge in [0.1, 0.15) is 0 Å². The second-order valence-electron chi connectivity index (χ2n) is 4.97. The quantitative estimate of drug-likeness (QED) is 0.694. The predicted octanol–water partition coefficient (Wildman–Crippen LogP) is -1.06. The fourth-order valence-corrected chi connectivity index (χ4v) is 3.70. The van der Waals surface area contributed by atoms with Crippen molar-refractivity contribution < 1.29 is 13.2 Å². The van der Waals surface area contributed by atoms with E-state index in [4.69, 9.17) is 4.74 Å². The number of hydrogen-bond donors (Lipinski definition) is 1. The fourth-order valence-electron chi connectivity index (χ4n) is 2.57. The largest absolute Gasteiger partial charge is 0.379 e. The first kappa shape index (κ1) is 14.2. The number of rotatable bonds is 5. The minimum Gasteiger partial charge on any atom is -0.379 e. The minimum atomic E-state index is -3.11. The van der Waals surface area contributed by atoms with Gasteiger partial charge in [-0.05, 0) is 13.0 Å². The van der Waals surface area contributed by atoms with Crippen molar-refractivity contribution in [1.82, 2.24) is 14.5 Å². The summed E-state index contributed by atoms with van der Waals surface area (Å²) in [5, 5.41) is 3.22. The van der Waals surface area contributed by atoms with E-state index in [2.05, 4.69) is 10.2 Å². The van der Waals surface area contributed by atoms with Crippen LogP contribution in [0.4, 0.5) is 0 Å². The van der Waals surface area contributed by atoms with Gasteiger partial charge in [0.05, 0.1) is 19.5 Å². The molecule has 0 spiro atoms.